The fourth-order valence-electron chi connectivity index (χ4n) is 4.44. The summed E-state index contributed by atoms with van der Waals surface area (Å²) in [5.41, 5.74) is 5.54. The van der Waals surface area contributed by atoms with E-state index in [2.05, 4.69) is 70.5 Å². The van der Waals surface area contributed by atoms with Gasteiger partial charge in [-0.05, 0) is 68.2 Å². The smallest absolute Gasteiger partial charge is 0.171 e. The van der Waals surface area contributed by atoms with Crippen LogP contribution in [0.25, 0.3) is 11.8 Å². The van der Waals surface area contributed by atoms with Crippen molar-refractivity contribution in [1.82, 2.24) is 14.5 Å². The molecular formula is C27H30N4O2S. The van der Waals surface area contributed by atoms with Crippen molar-refractivity contribution in [1.29, 1.82) is 0 Å². The van der Waals surface area contributed by atoms with Crippen LogP contribution in [0.5, 0.6) is 5.75 Å². The molecular weight excluding hydrogens is 444 g/mol. The number of nitrogens with zero attached hydrogens (tertiary/aromatic N) is 4. The predicted molar refractivity (Wildman–Crippen MR) is 138 cm³/mol. The van der Waals surface area contributed by atoms with E-state index in [1.165, 1.54) is 16.0 Å². The molecule has 0 spiro atoms. The normalized spacial score (nSPS) is 18.9. The molecule has 0 unspecified atom stereocenters. The van der Waals surface area contributed by atoms with E-state index in [-0.39, 0.29) is 0 Å². The Morgan fingerprint density at radius 3 is 2.79 bits per heavy atom. The average Bonchev–Trinajstić information content (AvgIpc) is 3.30. The van der Waals surface area contributed by atoms with E-state index >= 15 is 0 Å². The van der Waals surface area contributed by atoms with Crippen LogP contribution in [-0.4, -0.2) is 52.3 Å². The third-order valence-electron chi connectivity index (χ3n) is 6.26. The minimum Gasteiger partial charge on any atom is -0.495 e. The van der Waals surface area contributed by atoms with Crippen molar-refractivity contribution < 1.29 is 9.57 Å². The zero-order valence-electron chi connectivity index (χ0n) is 19.9. The molecule has 0 amide bonds. The second-order valence-electron chi connectivity index (χ2n) is 8.81. The molecule has 3 heterocycles. The molecule has 2 aliphatic heterocycles. The number of hydrogen-bond acceptors (Lipinski definition) is 6. The average molecular weight is 475 g/mol. The highest BCUT2D eigenvalue weighted by Crippen LogP contribution is 2.31. The maximum Gasteiger partial charge on any atom is 0.171 e. The van der Waals surface area contributed by atoms with Gasteiger partial charge in [-0.3, -0.25) is 0 Å². The number of fused-ring (bicyclic) bond motifs is 1. The molecule has 2 aromatic carbocycles. The monoisotopic (exact) mass is 474 g/mol. The highest BCUT2D eigenvalue weighted by Gasteiger charge is 2.32. The van der Waals surface area contributed by atoms with Crippen molar-refractivity contribution in [3.05, 3.63) is 77.4 Å². The number of aromatic nitrogens is 2. The molecule has 0 saturated carbocycles. The highest BCUT2D eigenvalue weighted by atomic mass is 32.2. The van der Waals surface area contributed by atoms with E-state index < -0.39 is 0 Å². The summed E-state index contributed by atoms with van der Waals surface area (Å²) in [6, 6.07) is 15.3. The summed E-state index contributed by atoms with van der Waals surface area (Å²) >= 11 is 1.88. The zero-order valence-corrected chi connectivity index (χ0v) is 20.7. The zero-order chi connectivity index (χ0) is 23.5. The van der Waals surface area contributed by atoms with Crippen molar-refractivity contribution in [2.75, 3.05) is 26.0 Å². The minimum absolute atomic E-state index is 0.309. The maximum atomic E-state index is 5.71. The number of aryl methyl sites for hydroxylation is 2. The molecule has 7 heteroatoms. The number of benzene rings is 2. The molecule has 5 rings (SSSR count). The standard InChI is InChI=1S/C27H30N4O2S/c1-19-6-9-24(10-7-19)34-17-23-16-33-29-27-22(5-4-12-31(23)27)13-21-8-11-25(26(14-21)32-3)30-15-20(2)28-18-30/h6-11,13-15,18,23H,4-5,12,16-17H2,1-3H3/b22-13+/t23-/m1/s1. The van der Waals surface area contributed by atoms with E-state index in [1.54, 1.807) is 7.11 Å². The largest absolute Gasteiger partial charge is 0.495 e. The van der Waals surface area contributed by atoms with Gasteiger partial charge in [0.15, 0.2) is 5.84 Å². The van der Waals surface area contributed by atoms with Crippen molar-refractivity contribution in [3.8, 4) is 11.4 Å². The van der Waals surface area contributed by atoms with Gasteiger partial charge in [0.1, 0.15) is 12.4 Å². The van der Waals surface area contributed by atoms with Crippen LogP contribution in [0.4, 0.5) is 0 Å². The lowest BCUT2D eigenvalue weighted by Crippen LogP contribution is -2.50. The van der Waals surface area contributed by atoms with Gasteiger partial charge in [0.25, 0.3) is 0 Å². The number of hydrogen-bond donors (Lipinski definition) is 0. The van der Waals surface area contributed by atoms with E-state index in [0.29, 0.717) is 12.6 Å². The van der Waals surface area contributed by atoms with Crippen LogP contribution in [0.3, 0.4) is 0 Å². The Morgan fingerprint density at radius 1 is 1.18 bits per heavy atom. The van der Waals surface area contributed by atoms with Gasteiger partial charge in [0, 0.05) is 23.4 Å². The lowest BCUT2D eigenvalue weighted by atomic mass is 9.98. The minimum atomic E-state index is 0.309. The summed E-state index contributed by atoms with van der Waals surface area (Å²) in [5, 5.41) is 4.48. The van der Waals surface area contributed by atoms with Crippen LogP contribution in [-0.2, 0) is 4.84 Å². The summed E-state index contributed by atoms with van der Waals surface area (Å²) in [4.78, 5) is 13.8. The van der Waals surface area contributed by atoms with E-state index in [9.17, 15) is 0 Å². The molecule has 6 nitrogen and oxygen atoms in total. The maximum absolute atomic E-state index is 5.71. The third-order valence-corrected chi connectivity index (χ3v) is 7.42. The van der Waals surface area contributed by atoms with Crippen molar-refractivity contribution in [2.24, 2.45) is 5.16 Å². The molecule has 1 aromatic heterocycles. The van der Waals surface area contributed by atoms with Crippen LogP contribution in [0.15, 0.2) is 70.6 Å². The van der Waals surface area contributed by atoms with Gasteiger partial charge < -0.3 is 19.0 Å². The SMILES string of the molecule is COc1cc(/C=C2\CCCN3C2=NOC[C@@H]3CSc2ccc(C)cc2)ccc1-n1cnc(C)c1. The Balaban J connectivity index is 1.34. The van der Waals surface area contributed by atoms with E-state index in [0.717, 1.165) is 53.7 Å². The Kier molecular flexibility index (Phi) is 6.63. The quantitative estimate of drug-likeness (QED) is 0.443. The van der Waals surface area contributed by atoms with Gasteiger partial charge in [0.05, 0.1) is 30.9 Å². The van der Waals surface area contributed by atoms with Crippen molar-refractivity contribution >= 4 is 23.7 Å². The number of amidine groups is 1. The Bertz CT molecular complexity index is 1220. The predicted octanol–water partition coefficient (Wildman–Crippen LogP) is 5.48. The first-order valence-corrected chi connectivity index (χ1v) is 12.7. The molecule has 0 N–H and O–H groups in total. The molecule has 1 fully saturated rings. The van der Waals surface area contributed by atoms with Gasteiger partial charge in [-0.15, -0.1) is 11.8 Å². The molecule has 176 valence electrons. The van der Waals surface area contributed by atoms with E-state index in [1.807, 2.05) is 35.8 Å². The summed E-state index contributed by atoms with van der Waals surface area (Å²) < 4.78 is 7.69. The van der Waals surface area contributed by atoms with Crippen LogP contribution < -0.4 is 4.74 Å². The number of thioether (sulfide) groups is 1. The number of oxime groups is 1. The number of ether oxygens (including phenoxy) is 1. The number of imidazole rings is 1. The molecule has 2 aliphatic rings. The van der Waals surface area contributed by atoms with Gasteiger partial charge >= 0.3 is 0 Å². The molecule has 0 aliphatic carbocycles. The van der Waals surface area contributed by atoms with Gasteiger partial charge in [-0.1, -0.05) is 28.9 Å². The van der Waals surface area contributed by atoms with Crippen LogP contribution >= 0.6 is 11.8 Å². The Morgan fingerprint density at radius 2 is 2.03 bits per heavy atom. The second-order valence-corrected chi connectivity index (χ2v) is 9.90. The number of rotatable bonds is 6. The first-order chi connectivity index (χ1) is 16.6. The summed E-state index contributed by atoms with van der Waals surface area (Å²) in [5.74, 6) is 2.76. The topological polar surface area (TPSA) is 51.9 Å². The van der Waals surface area contributed by atoms with Crippen LogP contribution in [0.1, 0.15) is 29.7 Å². The molecule has 1 atom stereocenters. The lowest BCUT2D eigenvalue weighted by Gasteiger charge is -2.40. The molecule has 34 heavy (non-hydrogen) atoms. The number of methoxy groups -OCH3 is 1. The molecule has 1 saturated heterocycles. The van der Waals surface area contributed by atoms with Crippen molar-refractivity contribution in [3.63, 3.8) is 0 Å². The van der Waals surface area contributed by atoms with Crippen LogP contribution in [0.2, 0.25) is 0 Å². The molecule has 0 radical (unpaired) electrons. The van der Waals surface area contributed by atoms with Gasteiger partial charge in [0.2, 0.25) is 0 Å². The van der Waals surface area contributed by atoms with Crippen molar-refractivity contribution in [2.45, 2.75) is 37.6 Å². The van der Waals surface area contributed by atoms with Crippen LogP contribution in [0, 0.1) is 13.8 Å². The third kappa shape index (κ3) is 4.85. The van der Waals surface area contributed by atoms with E-state index in [4.69, 9.17) is 9.57 Å². The summed E-state index contributed by atoms with van der Waals surface area (Å²) in [7, 11) is 1.71. The Hall–Kier alpha value is -3.19. The van der Waals surface area contributed by atoms with Gasteiger partial charge in [-0.2, -0.15) is 0 Å². The first kappa shape index (κ1) is 22.6. The summed E-state index contributed by atoms with van der Waals surface area (Å²) in [6.45, 7) is 5.75. The Labute approximate surface area is 205 Å². The second kappa shape index (κ2) is 9.97. The first-order valence-electron chi connectivity index (χ1n) is 11.7. The molecule has 3 aromatic rings. The fourth-order valence-corrected chi connectivity index (χ4v) is 5.43. The number of piperidine rings is 1. The lowest BCUT2D eigenvalue weighted by molar-refractivity contribution is 0.0665. The highest BCUT2D eigenvalue weighted by molar-refractivity contribution is 7.99. The molecule has 0 bridgehead atoms. The fraction of sp³-hybridized carbons (Fsp3) is 0.333. The summed E-state index contributed by atoms with van der Waals surface area (Å²) in [6.07, 6.45) is 8.13. The van der Waals surface area contributed by atoms with Gasteiger partial charge in [-0.25, -0.2) is 4.98 Å².